The Hall–Kier alpha value is -0.950. The number of phosphoric acid groups is 1. The van der Waals surface area contributed by atoms with E-state index in [1.165, 1.54) is 51.4 Å². The van der Waals surface area contributed by atoms with Crippen LogP contribution in [-0.4, -0.2) is 41.0 Å². The minimum atomic E-state index is -4.73. The van der Waals surface area contributed by atoms with Crippen LogP contribution in [-0.2, 0) is 28.2 Å². The van der Waals surface area contributed by atoms with Gasteiger partial charge in [-0.05, 0) is 24.7 Å². The first kappa shape index (κ1) is 36.0. The second kappa shape index (κ2) is 23.0. The fourth-order valence-electron chi connectivity index (χ4n) is 4.00. The summed E-state index contributed by atoms with van der Waals surface area (Å²) in [5.41, 5.74) is 0. The van der Waals surface area contributed by atoms with E-state index in [2.05, 4.69) is 32.2 Å². The van der Waals surface area contributed by atoms with Gasteiger partial charge in [0.05, 0.1) is 6.61 Å². The highest BCUT2D eigenvalue weighted by molar-refractivity contribution is 7.46. The zero-order valence-electron chi connectivity index (χ0n) is 24.0. The summed E-state index contributed by atoms with van der Waals surface area (Å²) in [5.74, 6) is 0.629. The molecule has 2 N–H and O–H groups in total. The normalized spacial score (nSPS) is 13.5. The molecule has 0 fully saturated rings. The number of phosphoric ester groups is 1. The van der Waals surface area contributed by atoms with E-state index in [0.29, 0.717) is 6.42 Å². The third-order valence-corrected chi connectivity index (χ3v) is 7.08. The molecular formula is C28H55O8P. The lowest BCUT2D eigenvalue weighted by Gasteiger charge is -2.18. The molecule has 9 heteroatoms. The van der Waals surface area contributed by atoms with Gasteiger partial charge >= 0.3 is 19.8 Å². The molecule has 8 nitrogen and oxygen atoms in total. The van der Waals surface area contributed by atoms with E-state index in [0.717, 1.165) is 50.4 Å². The second-order valence-electron chi connectivity index (χ2n) is 10.8. The van der Waals surface area contributed by atoms with Gasteiger partial charge in [-0.3, -0.25) is 14.1 Å². The van der Waals surface area contributed by atoms with E-state index in [-0.39, 0.29) is 19.4 Å². The molecule has 0 amide bonds. The SMILES string of the molecule is CCC(C)CCCCCCCCC(=O)OC[C@H](COP(=O)(O)O)OC(=O)CCCCCCCCC(C)C. The molecule has 0 aliphatic rings. The largest absolute Gasteiger partial charge is 0.469 e. The summed E-state index contributed by atoms with van der Waals surface area (Å²) >= 11 is 0. The number of hydrogen-bond donors (Lipinski definition) is 2. The molecule has 0 heterocycles. The molecule has 0 spiro atoms. The van der Waals surface area contributed by atoms with Gasteiger partial charge in [0.25, 0.3) is 0 Å². The van der Waals surface area contributed by atoms with Gasteiger partial charge in [-0.2, -0.15) is 0 Å². The summed E-state index contributed by atoms with van der Waals surface area (Å²) in [6.45, 7) is 8.14. The number of ether oxygens (including phenoxy) is 2. The molecule has 0 saturated carbocycles. The highest BCUT2D eigenvalue weighted by atomic mass is 31.2. The lowest BCUT2D eigenvalue weighted by Crippen LogP contribution is -2.29. The van der Waals surface area contributed by atoms with Crippen molar-refractivity contribution in [3.05, 3.63) is 0 Å². The zero-order chi connectivity index (χ0) is 27.9. The molecule has 0 aliphatic carbocycles. The summed E-state index contributed by atoms with van der Waals surface area (Å²) in [7, 11) is -4.73. The number of unbranched alkanes of at least 4 members (excludes halogenated alkanes) is 10. The topological polar surface area (TPSA) is 119 Å². The Morgan fingerprint density at radius 3 is 1.70 bits per heavy atom. The van der Waals surface area contributed by atoms with Crippen LogP contribution < -0.4 is 0 Å². The minimum absolute atomic E-state index is 0.212. The molecular weight excluding hydrogens is 495 g/mol. The van der Waals surface area contributed by atoms with Crippen molar-refractivity contribution >= 4 is 19.8 Å². The van der Waals surface area contributed by atoms with Gasteiger partial charge in [0.1, 0.15) is 6.61 Å². The van der Waals surface area contributed by atoms with Gasteiger partial charge in [-0.25, -0.2) is 4.57 Å². The second-order valence-corrected chi connectivity index (χ2v) is 12.0. The average Bonchev–Trinajstić information content (AvgIpc) is 2.83. The highest BCUT2D eigenvalue weighted by Crippen LogP contribution is 2.35. The van der Waals surface area contributed by atoms with Gasteiger partial charge in [0.2, 0.25) is 0 Å². The summed E-state index contributed by atoms with van der Waals surface area (Å²) in [4.78, 5) is 42.2. The maximum atomic E-state index is 12.2. The van der Waals surface area contributed by atoms with Crippen molar-refractivity contribution in [2.75, 3.05) is 13.2 Å². The Balaban J connectivity index is 4.11. The Labute approximate surface area is 225 Å². The van der Waals surface area contributed by atoms with Gasteiger partial charge < -0.3 is 19.3 Å². The number of rotatable bonds is 25. The molecule has 0 bridgehead atoms. The van der Waals surface area contributed by atoms with Crippen LogP contribution in [0.3, 0.4) is 0 Å². The number of carbonyl (C=O) groups excluding carboxylic acids is 2. The maximum absolute atomic E-state index is 12.2. The van der Waals surface area contributed by atoms with Crippen molar-refractivity contribution in [1.82, 2.24) is 0 Å². The molecule has 0 aromatic carbocycles. The first-order chi connectivity index (χ1) is 17.5. The predicted molar refractivity (Wildman–Crippen MR) is 147 cm³/mol. The summed E-state index contributed by atoms with van der Waals surface area (Å²) in [6.07, 6.45) is 15.8. The van der Waals surface area contributed by atoms with Crippen molar-refractivity contribution in [3.63, 3.8) is 0 Å². The summed E-state index contributed by atoms with van der Waals surface area (Å²) in [6, 6.07) is 0. The molecule has 0 saturated heterocycles. The summed E-state index contributed by atoms with van der Waals surface area (Å²) in [5, 5.41) is 0. The standard InChI is InChI=1S/C28H55O8P/c1-5-25(4)19-15-11-7-9-12-16-20-27(29)34-22-26(23-35-37(31,32)33)36-28(30)21-17-13-8-6-10-14-18-24(2)3/h24-26H,5-23H2,1-4H3,(H2,31,32,33)/t25?,26-/m1/s1. The molecule has 220 valence electrons. The van der Waals surface area contributed by atoms with Crippen LogP contribution >= 0.6 is 7.82 Å². The van der Waals surface area contributed by atoms with Crippen molar-refractivity contribution in [1.29, 1.82) is 0 Å². The number of carbonyl (C=O) groups is 2. The van der Waals surface area contributed by atoms with E-state index >= 15 is 0 Å². The number of hydrogen-bond acceptors (Lipinski definition) is 6. The molecule has 0 aliphatic heterocycles. The van der Waals surface area contributed by atoms with E-state index in [1.807, 2.05) is 0 Å². The average molecular weight is 551 g/mol. The monoisotopic (exact) mass is 550 g/mol. The van der Waals surface area contributed by atoms with E-state index in [4.69, 9.17) is 19.3 Å². The first-order valence-corrected chi connectivity index (χ1v) is 16.1. The molecule has 0 rings (SSSR count). The Kier molecular flexibility index (Phi) is 22.4. The van der Waals surface area contributed by atoms with Gasteiger partial charge in [0, 0.05) is 12.8 Å². The van der Waals surface area contributed by atoms with Crippen LogP contribution in [0.2, 0.25) is 0 Å². The van der Waals surface area contributed by atoms with Crippen LogP contribution in [0.4, 0.5) is 0 Å². The first-order valence-electron chi connectivity index (χ1n) is 14.6. The van der Waals surface area contributed by atoms with Crippen molar-refractivity contribution < 1.29 is 37.9 Å². The van der Waals surface area contributed by atoms with E-state index in [1.54, 1.807) is 0 Å². The molecule has 37 heavy (non-hydrogen) atoms. The van der Waals surface area contributed by atoms with E-state index < -0.39 is 32.5 Å². The molecule has 0 aromatic rings. The van der Waals surface area contributed by atoms with Crippen molar-refractivity contribution in [2.24, 2.45) is 11.8 Å². The zero-order valence-corrected chi connectivity index (χ0v) is 24.9. The van der Waals surface area contributed by atoms with Gasteiger partial charge in [-0.1, -0.05) is 111 Å². The minimum Gasteiger partial charge on any atom is -0.462 e. The van der Waals surface area contributed by atoms with E-state index in [9.17, 15) is 14.2 Å². The lowest BCUT2D eigenvalue weighted by atomic mass is 10.00. The van der Waals surface area contributed by atoms with Crippen LogP contribution in [0.1, 0.15) is 137 Å². The maximum Gasteiger partial charge on any atom is 0.469 e. The summed E-state index contributed by atoms with van der Waals surface area (Å²) < 4.78 is 26.0. The number of esters is 2. The fraction of sp³-hybridized carbons (Fsp3) is 0.929. The lowest BCUT2D eigenvalue weighted by molar-refractivity contribution is -0.161. The van der Waals surface area contributed by atoms with Crippen molar-refractivity contribution in [2.45, 2.75) is 143 Å². The molecule has 2 atom stereocenters. The molecule has 0 radical (unpaired) electrons. The third kappa shape index (κ3) is 26.4. The Bertz CT molecular complexity index is 619. The molecule has 1 unspecified atom stereocenters. The third-order valence-electron chi connectivity index (χ3n) is 6.59. The smallest absolute Gasteiger partial charge is 0.462 e. The van der Waals surface area contributed by atoms with Crippen molar-refractivity contribution in [3.8, 4) is 0 Å². The van der Waals surface area contributed by atoms with Gasteiger partial charge in [-0.15, -0.1) is 0 Å². The van der Waals surface area contributed by atoms with Crippen LogP contribution in [0.5, 0.6) is 0 Å². The highest BCUT2D eigenvalue weighted by Gasteiger charge is 2.22. The Morgan fingerprint density at radius 1 is 0.703 bits per heavy atom. The Morgan fingerprint density at radius 2 is 1.19 bits per heavy atom. The predicted octanol–water partition coefficient (Wildman–Crippen LogP) is 7.49. The van der Waals surface area contributed by atoms with Crippen LogP contribution in [0.25, 0.3) is 0 Å². The van der Waals surface area contributed by atoms with Crippen LogP contribution in [0, 0.1) is 11.8 Å². The fourth-order valence-corrected chi connectivity index (χ4v) is 4.36. The van der Waals surface area contributed by atoms with Crippen LogP contribution in [0.15, 0.2) is 0 Å². The molecule has 0 aromatic heterocycles. The van der Waals surface area contributed by atoms with Gasteiger partial charge in [0.15, 0.2) is 6.10 Å². The quantitative estimate of drug-likeness (QED) is 0.0681.